The Morgan fingerprint density at radius 3 is 2.75 bits per heavy atom. The minimum absolute atomic E-state index is 0.197. The first-order chi connectivity index (χ1) is 9.57. The average Bonchev–Trinajstić information content (AvgIpc) is 3.20. The van der Waals surface area contributed by atoms with Crippen LogP contribution in [0.5, 0.6) is 0 Å². The standard InChI is InChI=1S/C15H19FN2O2/c16-12-3-1-2-4-13(12)17-14(19)7-8-18-9-15(20,10-18)11-5-6-11/h1-4,11,20H,5-10H2,(H,17,19). The highest BCUT2D eigenvalue weighted by Gasteiger charge is 2.51. The van der Waals surface area contributed by atoms with Crippen molar-refractivity contribution < 1.29 is 14.3 Å². The highest BCUT2D eigenvalue weighted by molar-refractivity contribution is 5.90. The summed E-state index contributed by atoms with van der Waals surface area (Å²) in [5.41, 5.74) is -0.294. The van der Waals surface area contributed by atoms with Crippen LogP contribution in [0.4, 0.5) is 10.1 Å². The fraction of sp³-hybridized carbons (Fsp3) is 0.533. The molecule has 2 aliphatic rings. The van der Waals surface area contributed by atoms with Gasteiger partial charge in [-0.05, 0) is 30.9 Å². The van der Waals surface area contributed by atoms with Gasteiger partial charge >= 0.3 is 0 Å². The Morgan fingerprint density at radius 2 is 2.10 bits per heavy atom. The fourth-order valence-electron chi connectivity index (χ4n) is 2.80. The van der Waals surface area contributed by atoms with Gasteiger partial charge in [-0.3, -0.25) is 9.69 Å². The maximum Gasteiger partial charge on any atom is 0.225 e. The van der Waals surface area contributed by atoms with Gasteiger partial charge in [0.25, 0.3) is 0 Å². The summed E-state index contributed by atoms with van der Waals surface area (Å²) in [5.74, 6) is -0.157. The van der Waals surface area contributed by atoms with Gasteiger partial charge in [0.05, 0.1) is 11.3 Å². The molecule has 0 radical (unpaired) electrons. The Balaban J connectivity index is 1.41. The number of anilines is 1. The zero-order valence-electron chi connectivity index (χ0n) is 11.3. The number of amides is 1. The van der Waals surface area contributed by atoms with Gasteiger partial charge < -0.3 is 10.4 Å². The molecule has 1 saturated carbocycles. The molecule has 108 valence electrons. The number of benzene rings is 1. The summed E-state index contributed by atoms with van der Waals surface area (Å²) >= 11 is 0. The predicted molar refractivity (Wildman–Crippen MR) is 73.8 cm³/mol. The zero-order chi connectivity index (χ0) is 14.2. The lowest BCUT2D eigenvalue weighted by Crippen LogP contribution is -2.63. The molecular formula is C15H19FN2O2. The molecule has 0 bridgehead atoms. The number of carbonyl (C=O) groups excluding carboxylic acids is 1. The largest absolute Gasteiger partial charge is 0.387 e. The lowest BCUT2D eigenvalue weighted by molar-refractivity contribution is -0.124. The number of hydrogen-bond acceptors (Lipinski definition) is 3. The quantitative estimate of drug-likeness (QED) is 0.860. The number of β-amino-alcohol motifs (C(OH)–C–C–N with tert-alkyl or cyclic N) is 1. The van der Waals surface area contributed by atoms with Crippen LogP contribution < -0.4 is 5.32 Å². The second-order valence-corrected chi connectivity index (χ2v) is 5.87. The SMILES string of the molecule is O=C(CCN1CC(O)(C2CC2)C1)Nc1ccccc1F. The second-order valence-electron chi connectivity index (χ2n) is 5.87. The van der Waals surface area contributed by atoms with Crippen molar-refractivity contribution in [3.63, 3.8) is 0 Å². The lowest BCUT2D eigenvalue weighted by Gasteiger charge is -2.47. The van der Waals surface area contributed by atoms with Gasteiger partial charge in [-0.25, -0.2) is 4.39 Å². The summed E-state index contributed by atoms with van der Waals surface area (Å²) in [4.78, 5) is 13.8. The van der Waals surface area contributed by atoms with Gasteiger partial charge in [-0.1, -0.05) is 12.1 Å². The van der Waals surface area contributed by atoms with E-state index in [0.717, 1.165) is 12.8 Å². The van der Waals surface area contributed by atoms with Crippen LogP contribution in [0.25, 0.3) is 0 Å². The van der Waals surface area contributed by atoms with Gasteiger partial charge in [-0.2, -0.15) is 0 Å². The van der Waals surface area contributed by atoms with Gasteiger partial charge in [0.15, 0.2) is 0 Å². The molecule has 20 heavy (non-hydrogen) atoms. The number of nitrogens with zero attached hydrogens (tertiary/aromatic N) is 1. The van der Waals surface area contributed by atoms with Crippen LogP contribution in [0.15, 0.2) is 24.3 Å². The Morgan fingerprint density at radius 1 is 1.40 bits per heavy atom. The molecule has 0 atom stereocenters. The van der Waals surface area contributed by atoms with Crippen LogP contribution >= 0.6 is 0 Å². The molecule has 0 unspecified atom stereocenters. The Bertz CT molecular complexity index is 510. The van der Waals surface area contributed by atoms with Crippen molar-refractivity contribution in [2.45, 2.75) is 24.9 Å². The van der Waals surface area contributed by atoms with Crippen LogP contribution in [0, 0.1) is 11.7 Å². The van der Waals surface area contributed by atoms with Crippen molar-refractivity contribution in [1.82, 2.24) is 4.90 Å². The first-order valence-electron chi connectivity index (χ1n) is 7.06. The fourth-order valence-corrected chi connectivity index (χ4v) is 2.80. The van der Waals surface area contributed by atoms with Gasteiger partial charge in [0.1, 0.15) is 5.82 Å². The summed E-state index contributed by atoms with van der Waals surface area (Å²) in [6.07, 6.45) is 2.56. The number of likely N-dealkylation sites (tertiary alicyclic amines) is 1. The number of para-hydroxylation sites is 1. The Labute approximate surface area is 117 Å². The number of hydrogen-bond donors (Lipinski definition) is 2. The van der Waals surface area contributed by atoms with E-state index in [1.807, 2.05) is 0 Å². The summed E-state index contributed by atoms with van der Waals surface area (Å²) in [6.45, 7) is 1.92. The van der Waals surface area contributed by atoms with Crippen LogP contribution in [0.3, 0.4) is 0 Å². The molecular weight excluding hydrogens is 259 g/mol. The molecule has 1 aromatic carbocycles. The van der Waals surface area contributed by atoms with E-state index in [2.05, 4.69) is 10.2 Å². The van der Waals surface area contributed by atoms with Crippen LogP contribution in [0.2, 0.25) is 0 Å². The van der Waals surface area contributed by atoms with Gasteiger partial charge in [-0.15, -0.1) is 0 Å². The normalized spacial score (nSPS) is 21.3. The van der Waals surface area contributed by atoms with Crippen molar-refractivity contribution in [2.75, 3.05) is 25.0 Å². The molecule has 1 heterocycles. The topological polar surface area (TPSA) is 52.6 Å². The maximum atomic E-state index is 13.4. The van der Waals surface area contributed by atoms with Crippen LogP contribution in [-0.2, 0) is 4.79 Å². The van der Waals surface area contributed by atoms with E-state index in [9.17, 15) is 14.3 Å². The third-order valence-corrected chi connectivity index (χ3v) is 4.14. The Hall–Kier alpha value is -1.46. The molecule has 1 saturated heterocycles. The van der Waals surface area contributed by atoms with E-state index in [-0.39, 0.29) is 11.6 Å². The van der Waals surface area contributed by atoms with Crippen molar-refractivity contribution in [3.05, 3.63) is 30.1 Å². The zero-order valence-corrected chi connectivity index (χ0v) is 11.3. The molecule has 3 rings (SSSR count). The second kappa shape index (κ2) is 5.14. The number of halogens is 1. The third-order valence-electron chi connectivity index (χ3n) is 4.14. The van der Waals surface area contributed by atoms with E-state index in [4.69, 9.17) is 0 Å². The Kier molecular flexibility index (Phi) is 3.48. The summed E-state index contributed by atoms with van der Waals surface area (Å²) in [5, 5.41) is 12.7. The first kappa shape index (κ1) is 13.5. The van der Waals surface area contributed by atoms with Gasteiger partial charge in [0, 0.05) is 26.1 Å². The molecule has 1 aliphatic heterocycles. The average molecular weight is 278 g/mol. The van der Waals surface area contributed by atoms with E-state index >= 15 is 0 Å². The van der Waals surface area contributed by atoms with E-state index < -0.39 is 11.4 Å². The van der Waals surface area contributed by atoms with Crippen LogP contribution in [0.1, 0.15) is 19.3 Å². The smallest absolute Gasteiger partial charge is 0.225 e. The molecule has 0 aromatic heterocycles. The molecule has 0 spiro atoms. The summed E-state index contributed by atoms with van der Waals surface area (Å²) in [7, 11) is 0. The molecule has 4 nitrogen and oxygen atoms in total. The minimum atomic E-state index is -0.512. The van der Waals surface area contributed by atoms with Crippen molar-refractivity contribution in [3.8, 4) is 0 Å². The number of carbonyl (C=O) groups is 1. The van der Waals surface area contributed by atoms with E-state index in [1.165, 1.54) is 6.07 Å². The van der Waals surface area contributed by atoms with Crippen molar-refractivity contribution >= 4 is 11.6 Å². The van der Waals surface area contributed by atoms with Gasteiger partial charge in [0.2, 0.25) is 5.91 Å². The highest BCUT2D eigenvalue weighted by atomic mass is 19.1. The highest BCUT2D eigenvalue weighted by Crippen LogP contribution is 2.44. The number of aliphatic hydroxyl groups is 1. The monoisotopic (exact) mass is 278 g/mol. The van der Waals surface area contributed by atoms with Crippen molar-refractivity contribution in [2.24, 2.45) is 5.92 Å². The summed E-state index contributed by atoms with van der Waals surface area (Å²) < 4.78 is 13.4. The van der Waals surface area contributed by atoms with E-state index in [0.29, 0.717) is 32.0 Å². The molecule has 5 heteroatoms. The first-order valence-corrected chi connectivity index (χ1v) is 7.06. The molecule has 1 aliphatic carbocycles. The molecule has 2 N–H and O–H groups in total. The summed E-state index contributed by atoms with van der Waals surface area (Å²) in [6, 6.07) is 6.14. The number of rotatable bonds is 5. The minimum Gasteiger partial charge on any atom is -0.387 e. The molecule has 2 fully saturated rings. The predicted octanol–water partition coefficient (Wildman–Crippen LogP) is 1.61. The van der Waals surface area contributed by atoms with Crippen LogP contribution in [-0.4, -0.2) is 41.1 Å². The maximum absolute atomic E-state index is 13.4. The number of nitrogens with one attached hydrogen (secondary N) is 1. The van der Waals surface area contributed by atoms with Crippen molar-refractivity contribution in [1.29, 1.82) is 0 Å². The molecule has 1 aromatic rings. The lowest BCUT2D eigenvalue weighted by atomic mass is 9.88. The van der Waals surface area contributed by atoms with E-state index in [1.54, 1.807) is 18.2 Å². The molecule has 1 amide bonds. The third kappa shape index (κ3) is 2.83.